The van der Waals surface area contributed by atoms with Crippen LogP contribution in [0.25, 0.3) is 0 Å². The van der Waals surface area contributed by atoms with E-state index in [0.717, 1.165) is 0 Å². The number of ether oxygens (including phenoxy) is 1. The zero-order valence-electron chi connectivity index (χ0n) is 11.0. The van der Waals surface area contributed by atoms with E-state index in [9.17, 15) is 9.59 Å². The number of nitrogens with zero attached hydrogens (tertiary/aromatic N) is 2. The van der Waals surface area contributed by atoms with Gasteiger partial charge in [0.05, 0.1) is 19.5 Å². The highest BCUT2D eigenvalue weighted by Gasteiger charge is 2.23. The van der Waals surface area contributed by atoms with Crippen molar-refractivity contribution in [3.05, 3.63) is 23.2 Å². The molecule has 1 heterocycles. The highest BCUT2D eigenvalue weighted by atomic mass is 35.5. The number of amides is 1. The van der Waals surface area contributed by atoms with Gasteiger partial charge in [-0.3, -0.25) is 9.78 Å². The SMILES string of the molecule is COC(=O)C(CC(C)C)NC(=O)c1cncc(Cl)n1. The fourth-order valence-electron chi connectivity index (χ4n) is 1.51. The predicted octanol–water partition coefficient (Wildman–Crippen LogP) is 1.45. The van der Waals surface area contributed by atoms with Gasteiger partial charge in [0, 0.05) is 0 Å². The summed E-state index contributed by atoms with van der Waals surface area (Å²) >= 11 is 5.65. The Balaban J connectivity index is 2.78. The Morgan fingerprint density at radius 1 is 1.42 bits per heavy atom. The summed E-state index contributed by atoms with van der Waals surface area (Å²) < 4.78 is 4.66. The largest absolute Gasteiger partial charge is 0.467 e. The van der Waals surface area contributed by atoms with E-state index in [1.54, 1.807) is 0 Å². The quantitative estimate of drug-likeness (QED) is 0.828. The van der Waals surface area contributed by atoms with Crippen molar-refractivity contribution in [3.8, 4) is 0 Å². The second kappa shape index (κ2) is 7.04. The van der Waals surface area contributed by atoms with Gasteiger partial charge in [-0.2, -0.15) is 0 Å². The zero-order chi connectivity index (χ0) is 14.4. The van der Waals surface area contributed by atoms with E-state index in [2.05, 4.69) is 20.0 Å². The van der Waals surface area contributed by atoms with Crippen molar-refractivity contribution in [1.29, 1.82) is 0 Å². The van der Waals surface area contributed by atoms with Crippen molar-refractivity contribution in [2.24, 2.45) is 5.92 Å². The van der Waals surface area contributed by atoms with Crippen molar-refractivity contribution in [2.75, 3.05) is 7.11 Å². The number of nitrogens with one attached hydrogen (secondary N) is 1. The molecule has 19 heavy (non-hydrogen) atoms. The number of carbonyl (C=O) groups is 2. The van der Waals surface area contributed by atoms with Gasteiger partial charge in [-0.1, -0.05) is 25.4 Å². The van der Waals surface area contributed by atoms with Crippen LogP contribution in [0.5, 0.6) is 0 Å². The standard InChI is InChI=1S/C12H16ClN3O3/c1-7(2)4-8(12(18)19-3)16-11(17)9-5-14-6-10(13)15-9/h5-8H,4H2,1-3H3,(H,16,17). The summed E-state index contributed by atoms with van der Waals surface area (Å²) in [6, 6.07) is -0.710. The molecule has 0 aliphatic heterocycles. The minimum absolute atomic E-state index is 0.0603. The fourth-order valence-corrected chi connectivity index (χ4v) is 1.66. The number of halogens is 1. The van der Waals surface area contributed by atoms with Gasteiger partial charge >= 0.3 is 5.97 Å². The van der Waals surface area contributed by atoms with E-state index in [4.69, 9.17) is 11.6 Å². The Morgan fingerprint density at radius 2 is 2.11 bits per heavy atom. The Kier molecular flexibility index (Phi) is 5.69. The van der Waals surface area contributed by atoms with E-state index in [0.29, 0.717) is 6.42 Å². The second-order valence-corrected chi connectivity index (χ2v) is 4.79. The molecular weight excluding hydrogens is 270 g/mol. The Hall–Kier alpha value is -1.69. The molecule has 1 rings (SSSR count). The number of esters is 1. The van der Waals surface area contributed by atoms with Gasteiger partial charge in [0.25, 0.3) is 5.91 Å². The molecule has 0 saturated carbocycles. The third-order valence-electron chi connectivity index (χ3n) is 2.34. The average Bonchev–Trinajstić information content (AvgIpc) is 2.36. The minimum Gasteiger partial charge on any atom is -0.467 e. The van der Waals surface area contributed by atoms with Crippen LogP contribution in [0.1, 0.15) is 30.8 Å². The maximum absolute atomic E-state index is 11.9. The summed E-state index contributed by atoms with van der Waals surface area (Å²) in [5.74, 6) is -0.766. The molecule has 0 fully saturated rings. The van der Waals surface area contributed by atoms with Gasteiger partial charge in [0.2, 0.25) is 0 Å². The van der Waals surface area contributed by atoms with Crippen LogP contribution in [0, 0.1) is 5.92 Å². The van der Waals surface area contributed by atoms with Crippen LogP contribution < -0.4 is 5.32 Å². The van der Waals surface area contributed by atoms with Crippen LogP contribution in [-0.2, 0) is 9.53 Å². The van der Waals surface area contributed by atoms with Crippen LogP contribution in [0.2, 0.25) is 5.15 Å². The van der Waals surface area contributed by atoms with E-state index in [1.807, 2.05) is 13.8 Å². The zero-order valence-corrected chi connectivity index (χ0v) is 11.8. The smallest absolute Gasteiger partial charge is 0.328 e. The maximum atomic E-state index is 11.9. The molecule has 7 heteroatoms. The van der Waals surface area contributed by atoms with Crippen LogP contribution in [0.3, 0.4) is 0 Å². The van der Waals surface area contributed by atoms with Crippen LogP contribution in [0.15, 0.2) is 12.4 Å². The number of carbonyl (C=O) groups excluding carboxylic acids is 2. The van der Waals surface area contributed by atoms with Gasteiger partial charge in [-0.25, -0.2) is 9.78 Å². The number of hydrogen-bond acceptors (Lipinski definition) is 5. The molecule has 0 aliphatic carbocycles. The van der Waals surface area contributed by atoms with E-state index in [1.165, 1.54) is 19.5 Å². The van der Waals surface area contributed by atoms with Gasteiger partial charge < -0.3 is 10.1 Å². The summed E-state index contributed by atoms with van der Waals surface area (Å²) in [5.41, 5.74) is 0.0603. The first-order valence-corrected chi connectivity index (χ1v) is 6.18. The molecule has 1 N–H and O–H groups in total. The van der Waals surface area contributed by atoms with Crippen LogP contribution in [-0.4, -0.2) is 35.0 Å². The summed E-state index contributed by atoms with van der Waals surface area (Å²) in [6.07, 6.45) is 3.08. The number of hydrogen-bond donors (Lipinski definition) is 1. The molecule has 1 atom stereocenters. The molecule has 0 radical (unpaired) electrons. The highest BCUT2D eigenvalue weighted by molar-refractivity contribution is 6.29. The predicted molar refractivity (Wildman–Crippen MR) is 69.8 cm³/mol. The Labute approximate surface area is 116 Å². The molecule has 104 valence electrons. The molecule has 0 aromatic carbocycles. The second-order valence-electron chi connectivity index (χ2n) is 4.41. The summed E-state index contributed by atoms with van der Waals surface area (Å²) in [4.78, 5) is 31.1. The van der Waals surface area contributed by atoms with Gasteiger partial charge in [0.1, 0.15) is 16.9 Å². The number of aromatic nitrogens is 2. The number of rotatable bonds is 5. The van der Waals surface area contributed by atoms with Crippen molar-refractivity contribution < 1.29 is 14.3 Å². The topological polar surface area (TPSA) is 81.2 Å². The van der Waals surface area contributed by atoms with Gasteiger partial charge in [-0.05, 0) is 12.3 Å². The first kappa shape index (κ1) is 15.4. The molecule has 0 aliphatic rings. The molecule has 1 amide bonds. The van der Waals surface area contributed by atoms with Crippen molar-refractivity contribution in [2.45, 2.75) is 26.3 Å². The average molecular weight is 286 g/mol. The lowest BCUT2D eigenvalue weighted by Gasteiger charge is -2.17. The van der Waals surface area contributed by atoms with E-state index < -0.39 is 17.9 Å². The Morgan fingerprint density at radius 3 is 2.63 bits per heavy atom. The third-order valence-corrected chi connectivity index (χ3v) is 2.52. The lowest BCUT2D eigenvalue weighted by Crippen LogP contribution is -2.42. The van der Waals surface area contributed by atoms with Crippen molar-refractivity contribution in [3.63, 3.8) is 0 Å². The molecule has 0 bridgehead atoms. The van der Waals surface area contributed by atoms with Crippen LogP contribution >= 0.6 is 11.6 Å². The summed E-state index contributed by atoms with van der Waals surface area (Å²) in [5, 5.41) is 2.68. The van der Waals surface area contributed by atoms with E-state index in [-0.39, 0.29) is 16.8 Å². The first-order valence-electron chi connectivity index (χ1n) is 5.80. The molecule has 6 nitrogen and oxygen atoms in total. The fraction of sp³-hybridized carbons (Fsp3) is 0.500. The summed E-state index contributed by atoms with van der Waals surface area (Å²) in [6.45, 7) is 3.89. The molecule has 1 aromatic rings. The highest BCUT2D eigenvalue weighted by Crippen LogP contribution is 2.08. The molecule has 1 aromatic heterocycles. The van der Waals surface area contributed by atoms with Gasteiger partial charge in [-0.15, -0.1) is 0 Å². The van der Waals surface area contributed by atoms with E-state index >= 15 is 0 Å². The third kappa shape index (κ3) is 4.82. The number of methoxy groups -OCH3 is 1. The maximum Gasteiger partial charge on any atom is 0.328 e. The molecule has 0 saturated heterocycles. The lowest BCUT2D eigenvalue weighted by molar-refractivity contribution is -0.143. The monoisotopic (exact) mass is 285 g/mol. The molecular formula is C12H16ClN3O3. The molecule has 1 unspecified atom stereocenters. The minimum atomic E-state index is -0.710. The van der Waals surface area contributed by atoms with Crippen molar-refractivity contribution >= 4 is 23.5 Å². The summed E-state index contributed by atoms with van der Waals surface area (Å²) in [7, 11) is 1.28. The van der Waals surface area contributed by atoms with Crippen LogP contribution in [0.4, 0.5) is 0 Å². The Bertz CT molecular complexity index is 465. The van der Waals surface area contributed by atoms with Crippen molar-refractivity contribution in [1.82, 2.24) is 15.3 Å². The van der Waals surface area contributed by atoms with Gasteiger partial charge in [0.15, 0.2) is 0 Å². The molecule has 0 spiro atoms. The lowest BCUT2D eigenvalue weighted by atomic mass is 10.0. The normalized spacial score (nSPS) is 12.1. The first-order chi connectivity index (χ1) is 8.93.